The molecule has 2 atom stereocenters. The van der Waals surface area contributed by atoms with Crippen LogP contribution in [0.4, 0.5) is 0 Å². The summed E-state index contributed by atoms with van der Waals surface area (Å²) in [6.45, 7) is 5.99. The zero-order valence-corrected chi connectivity index (χ0v) is 18.9. The third-order valence-electron chi connectivity index (χ3n) is 6.27. The number of likely N-dealkylation sites (tertiary alicyclic amines) is 1. The van der Waals surface area contributed by atoms with Crippen LogP contribution in [-0.4, -0.2) is 67.2 Å². The van der Waals surface area contributed by atoms with Crippen LogP contribution >= 0.6 is 24.8 Å². The van der Waals surface area contributed by atoms with Gasteiger partial charge in [-0.3, -0.25) is 9.69 Å². The first-order valence-corrected chi connectivity index (χ1v) is 9.87. The van der Waals surface area contributed by atoms with Crippen molar-refractivity contribution in [2.45, 2.75) is 56.8 Å². The molecule has 1 N–H and O–H groups in total. The Hall–Kier alpha value is -0.850. The topological polar surface area (TPSA) is 44.8 Å². The summed E-state index contributed by atoms with van der Waals surface area (Å²) in [4.78, 5) is 17.7. The first kappa shape index (κ1) is 25.2. The van der Waals surface area contributed by atoms with E-state index in [9.17, 15) is 4.79 Å². The molecule has 0 saturated carbocycles. The second kappa shape index (κ2) is 11.4. The molecule has 2 saturated heterocycles. The highest BCUT2D eigenvalue weighted by atomic mass is 35.5. The molecule has 3 rings (SSSR count). The lowest BCUT2D eigenvalue weighted by molar-refractivity contribution is -0.160. The Kier molecular flexibility index (Phi) is 10.2. The van der Waals surface area contributed by atoms with Gasteiger partial charge in [0.15, 0.2) is 0 Å². The summed E-state index contributed by atoms with van der Waals surface area (Å²) in [5, 5.41) is 3.33. The molecule has 0 bridgehead atoms. The molecule has 0 aromatic heterocycles. The van der Waals surface area contributed by atoms with Crippen LogP contribution in [0.2, 0.25) is 0 Å². The molecule has 2 heterocycles. The van der Waals surface area contributed by atoms with Crippen molar-refractivity contribution in [1.29, 1.82) is 0 Å². The van der Waals surface area contributed by atoms with Gasteiger partial charge >= 0.3 is 0 Å². The quantitative estimate of drug-likeness (QED) is 0.777. The molecule has 7 heteroatoms. The molecular formula is C21H35Cl2N3O2. The monoisotopic (exact) mass is 431 g/mol. The van der Waals surface area contributed by atoms with E-state index in [-0.39, 0.29) is 30.7 Å². The second-order valence-corrected chi connectivity index (χ2v) is 7.85. The fourth-order valence-corrected chi connectivity index (χ4v) is 4.42. The van der Waals surface area contributed by atoms with Crippen LogP contribution < -0.4 is 5.32 Å². The van der Waals surface area contributed by atoms with E-state index in [2.05, 4.69) is 47.5 Å². The van der Waals surface area contributed by atoms with Gasteiger partial charge in [-0.15, -0.1) is 24.8 Å². The number of nitrogens with zero attached hydrogens (tertiary/aromatic N) is 2. The molecule has 5 nitrogen and oxygen atoms in total. The number of piperidine rings is 2. The predicted molar refractivity (Wildman–Crippen MR) is 118 cm³/mol. The van der Waals surface area contributed by atoms with E-state index < -0.39 is 5.60 Å². The third kappa shape index (κ3) is 5.61. The smallest absolute Gasteiger partial charge is 0.254 e. The van der Waals surface area contributed by atoms with Crippen LogP contribution in [0.1, 0.15) is 38.2 Å². The SMILES string of the molecule is COC1(C(=O)N(C)C2CCN(Cc3ccccc3)C(C)C2)CCNCC1.Cl.Cl. The molecule has 1 aromatic rings. The summed E-state index contributed by atoms with van der Waals surface area (Å²) in [7, 11) is 3.65. The highest BCUT2D eigenvalue weighted by Gasteiger charge is 2.43. The van der Waals surface area contributed by atoms with E-state index in [0.29, 0.717) is 12.1 Å². The second-order valence-electron chi connectivity index (χ2n) is 7.85. The minimum absolute atomic E-state index is 0. The highest BCUT2D eigenvalue weighted by Crippen LogP contribution is 2.29. The van der Waals surface area contributed by atoms with Crippen molar-refractivity contribution in [3.05, 3.63) is 35.9 Å². The van der Waals surface area contributed by atoms with Gasteiger partial charge < -0.3 is 15.0 Å². The lowest BCUT2D eigenvalue weighted by Crippen LogP contribution is -2.58. The van der Waals surface area contributed by atoms with E-state index in [1.54, 1.807) is 7.11 Å². The molecule has 2 fully saturated rings. The maximum Gasteiger partial charge on any atom is 0.254 e. The largest absolute Gasteiger partial charge is 0.368 e. The number of carbonyl (C=O) groups excluding carboxylic acids is 1. The summed E-state index contributed by atoms with van der Waals surface area (Å²) in [5.41, 5.74) is 0.722. The number of halogens is 2. The van der Waals surface area contributed by atoms with Crippen molar-refractivity contribution >= 4 is 30.7 Å². The number of carbonyl (C=O) groups is 1. The van der Waals surface area contributed by atoms with Gasteiger partial charge in [0.1, 0.15) is 5.60 Å². The van der Waals surface area contributed by atoms with Crippen molar-refractivity contribution in [1.82, 2.24) is 15.1 Å². The van der Waals surface area contributed by atoms with Crippen LogP contribution in [0.3, 0.4) is 0 Å². The van der Waals surface area contributed by atoms with E-state index in [1.807, 2.05) is 11.9 Å². The Bertz CT molecular complexity index is 597. The Morgan fingerprint density at radius 3 is 2.46 bits per heavy atom. The third-order valence-corrected chi connectivity index (χ3v) is 6.27. The predicted octanol–water partition coefficient (Wildman–Crippen LogP) is 3.11. The van der Waals surface area contributed by atoms with Crippen molar-refractivity contribution in [2.24, 2.45) is 0 Å². The molecule has 1 aromatic carbocycles. The van der Waals surface area contributed by atoms with Crippen molar-refractivity contribution in [2.75, 3.05) is 33.8 Å². The molecule has 2 aliphatic rings. The lowest BCUT2D eigenvalue weighted by Gasteiger charge is -2.44. The molecule has 0 spiro atoms. The Balaban J connectivity index is 0.00000196. The number of amides is 1. The number of hydrogen-bond donors (Lipinski definition) is 1. The van der Waals surface area contributed by atoms with Crippen LogP contribution in [0.25, 0.3) is 0 Å². The molecule has 2 aliphatic heterocycles. The molecule has 0 aliphatic carbocycles. The fraction of sp³-hybridized carbons (Fsp3) is 0.667. The van der Waals surface area contributed by atoms with Crippen molar-refractivity contribution in [3.63, 3.8) is 0 Å². The number of methoxy groups -OCH3 is 1. The van der Waals surface area contributed by atoms with Gasteiger partial charge in [0.25, 0.3) is 5.91 Å². The summed E-state index contributed by atoms with van der Waals surface area (Å²) in [6.07, 6.45) is 3.56. The fourth-order valence-electron chi connectivity index (χ4n) is 4.42. The maximum atomic E-state index is 13.2. The van der Waals surface area contributed by atoms with Gasteiger partial charge in [0, 0.05) is 39.3 Å². The number of nitrogens with one attached hydrogen (secondary N) is 1. The first-order chi connectivity index (χ1) is 12.6. The van der Waals surface area contributed by atoms with Gasteiger partial charge in [-0.2, -0.15) is 0 Å². The minimum Gasteiger partial charge on any atom is -0.368 e. The summed E-state index contributed by atoms with van der Waals surface area (Å²) in [5.74, 6) is 0.162. The van der Waals surface area contributed by atoms with Crippen LogP contribution in [0, 0.1) is 0 Å². The normalized spacial score (nSPS) is 24.5. The van der Waals surface area contributed by atoms with Crippen molar-refractivity contribution in [3.8, 4) is 0 Å². The van der Waals surface area contributed by atoms with Gasteiger partial charge in [0.2, 0.25) is 0 Å². The number of benzene rings is 1. The molecular weight excluding hydrogens is 397 g/mol. The van der Waals surface area contributed by atoms with Crippen LogP contribution in [0.5, 0.6) is 0 Å². The van der Waals surface area contributed by atoms with Crippen LogP contribution in [-0.2, 0) is 16.1 Å². The van der Waals surface area contributed by atoms with Gasteiger partial charge in [-0.1, -0.05) is 30.3 Å². The van der Waals surface area contributed by atoms with Gasteiger partial charge in [0.05, 0.1) is 0 Å². The van der Waals surface area contributed by atoms with E-state index in [1.165, 1.54) is 5.56 Å². The first-order valence-electron chi connectivity index (χ1n) is 9.87. The Morgan fingerprint density at radius 2 is 1.89 bits per heavy atom. The molecule has 0 radical (unpaired) electrons. The number of rotatable bonds is 5. The molecule has 28 heavy (non-hydrogen) atoms. The Morgan fingerprint density at radius 1 is 1.25 bits per heavy atom. The minimum atomic E-state index is -0.635. The average molecular weight is 432 g/mol. The van der Waals surface area contributed by atoms with Crippen molar-refractivity contribution < 1.29 is 9.53 Å². The molecule has 160 valence electrons. The summed E-state index contributed by atoms with van der Waals surface area (Å²) >= 11 is 0. The van der Waals surface area contributed by atoms with Gasteiger partial charge in [-0.05, 0) is 51.3 Å². The Labute approximate surface area is 182 Å². The molecule has 1 amide bonds. The summed E-state index contributed by atoms with van der Waals surface area (Å²) < 4.78 is 5.74. The highest BCUT2D eigenvalue weighted by molar-refractivity contribution is 5.86. The summed E-state index contributed by atoms with van der Waals surface area (Å²) in [6, 6.07) is 11.4. The number of likely N-dealkylation sites (N-methyl/N-ethyl adjacent to an activating group) is 1. The standard InChI is InChI=1S/C21H33N3O2.2ClH/c1-17-15-19(9-14-24(17)16-18-7-5-4-6-8-18)23(2)20(25)21(26-3)10-12-22-13-11-21;;/h4-8,17,19,22H,9-16H2,1-3H3;2*1H. The van der Waals surface area contributed by atoms with E-state index >= 15 is 0 Å². The lowest BCUT2D eigenvalue weighted by atomic mass is 9.88. The van der Waals surface area contributed by atoms with Crippen LogP contribution in [0.15, 0.2) is 30.3 Å². The molecule has 2 unspecified atom stereocenters. The van der Waals surface area contributed by atoms with E-state index in [0.717, 1.165) is 51.9 Å². The number of hydrogen-bond acceptors (Lipinski definition) is 4. The average Bonchev–Trinajstić information content (AvgIpc) is 2.69. The maximum absolute atomic E-state index is 13.2. The number of ether oxygens (including phenoxy) is 1. The van der Waals surface area contributed by atoms with Gasteiger partial charge in [-0.25, -0.2) is 0 Å². The zero-order valence-electron chi connectivity index (χ0n) is 17.2. The zero-order chi connectivity index (χ0) is 18.6. The van der Waals surface area contributed by atoms with E-state index in [4.69, 9.17) is 4.74 Å².